The lowest BCUT2D eigenvalue weighted by atomic mass is 10.0. The summed E-state index contributed by atoms with van der Waals surface area (Å²) in [5.74, 6) is -1.45. The van der Waals surface area contributed by atoms with Crippen molar-refractivity contribution in [2.24, 2.45) is 0 Å². The van der Waals surface area contributed by atoms with E-state index in [2.05, 4.69) is 22.9 Å². The van der Waals surface area contributed by atoms with Crippen molar-refractivity contribution >= 4 is 35.4 Å². The molecule has 0 aliphatic heterocycles. The van der Waals surface area contributed by atoms with E-state index in [1.54, 1.807) is 6.20 Å². The average molecular weight is 368 g/mol. The predicted molar refractivity (Wildman–Crippen MR) is 104 cm³/mol. The van der Waals surface area contributed by atoms with Crippen molar-refractivity contribution in [1.82, 2.24) is 10.3 Å². The zero-order valence-electron chi connectivity index (χ0n) is 14.1. The number of rotatable bonds is 7. The van der Waals surface area contributed by atoms with E-state index in [4.69, 9.17) is 0 Å². The van der Waals surface area contributed by atoms with Crippen LogP contribution < -0.4 is 5.32 Å². The molecule has 3 N–H and O–H groups in total. The number of fused-ring (bicyclic) bond motifs is 1. The number of benzene rings is 2. The Morgan fingerprint density at radius 3 is 2.46 bits per heavy atom. The molecule has 0 bridgehead atoms. The van der Waals surface area contributed by atoms with Crippen LogP contribution in [0.3, 0.4) is 0 Å². The number of nitrogens with one attached hydrogen (secondary N) is 2. The van der Waals surface area contributed by atoms with Crippen LogP contribution in [-0.4, -0.2) is 33.3 Å². The maximum Gasteiger partial charge on any atom is 0.326 e. The Bertz CT molecular complexity index is 908. The van der Waals surface area contributed by atoms with Crippen LogP contribution in [-0.2, 0) is 22.4 Å². The second kappa shape index (κ2) is 8.10. The van der Waals surface area contributed by atoms with Crippen LogP contribution >= 0.6 is 12.6 Å². The topological polar surface area (TPSA) is 82.2 Å². The highest BCUT2D eigenvalue weighted by Crippen LogP contribution is 2.19. The molecular formula is C20H20N2O3S. The first-order valence-electron chi connectivity index (χ1n) is 8.35. The fourth-order valence-corrected chi connectivity index (χ4v) is 3.20. The van der Waals surface area contributed by atoms with Crippen LogP contribution in [0.4, 0.5) is 0 Å². The first kappa shape index (κ1) is 18.1. The van der Waals surface area contributed by atoms with Crippen molar-refractivity contribution in [3.63, 3.8) is 0 Å². The SMILES string of the molecule is O=C(N[C@@H](Cc1c[nH]c2ccccc12)C(=O)O)C(S)Cc1ccccc1. The quantitative estimate of drug-likeness (QED) is 0.484. The molecule has 0 spiro atoms. The van der Waals surface area contributed by atoms with Gasteiger partial charge in [0.05, 0.1) is 5.25 Å². The number of aromatic nitrogens is 1. The second-order valence-corrected chi connectivity index (χ2v) is 6.79. The Balaban J connectivity index is 1.68. The first-order chi connectivity index (χ1) is 12.5. The fourth-order valence-electron chi connectivity index (χ4n) is 2.92. The van der Waals surface area contributed by atoms with Gasteiger partial charge in [0.2, 0.25) is 5.91 Å². The van der Waals surface area contributed by atoms with Crippen LogP contribution in [0.1, 0.15) is 11.1 Å². The van der Waals surface area contributed by atoms with Gasteiger partial charge in [-0.1, -0.05) is 48.5 Å². The zero-order chi connectivity index (χ0) is 18.5. The van der Waals surface area contributed by atoms with Crippen LogP contribution in [0.5, 0.6) is 0 Å². The number of para-hydroxylation sites is 1. The maximum atomic E-state index is 12.4. The lowest BCUT2D eigenvalue weighted by Crippen LogP contribution is -2.45. The standard InChI is InChI=1S/C20H20N2O3S/c23-19(18(26)10-13-6-2-1-3-7-13)22-17(20(24)25)11-14-12-21-16-9-5-4-8-15(14)16/h1-9,12,17-18,21,26H,10-11H2,(H,22,23)(H,24,25)/t17-,18?/m0/s1. The van der Waals surface area contributed by atoms with Crippen LogP contribution in [0.25, 0.3) is 10.9 Å². The Labute approximate surface area is 156 Å². The Morgan fingerprint density at radius 1 is 1.04 bits per heavy atom. The summed E-state index contributed by atoms with van der Waals surface area (Å²) < 4.78 is 0. The Hall–Kier alpha value is -2.73. The summed E-state index contributed by atoms with van der Waals surface area (Å²) in [4.78, 5) is 27.1. The molecule has 0 aliphatic rings. The minimum Gasteiger partial charge on any atom is -0.480 e. The van der Waals surface area contributed by atoms with Gasteiger partial charge in [0, 0.05) is 23.5 Å². The van der Waals surface area contributed by atoms with E-state index in [-0.39, 0.29) is 12.3 Å². The normalized spacial score (nSPS) is 13.3. The van der Waals surface area contributed by atoms with Gasteiger partial charge in [0.25, 0.3) is 0 Å². The van der Waals surface area contributed by atoms with Gasteiger partial charge < -0.3 is 15.4 Å². The second-order valence-electron chi connectivity index (χ2n) is 6.17. The van der Waals surface area contributed by atoms with Crippen molar-refractivity contribution in [1.29, 1.82) is 0 Å². The molecule has 1 heterocycles. The van der Waals surface area contributed by atoms with Gasteiger partial charge >= 0.3 is 5.97 Å². The largest absolute Gasteiger partial charge is 0.480 e. The van der Waals surface area contributed by atoms with E-state index in [1.165, 1.54) is 0 Å². The zero-order valence-corrected chi connectivity index (χ0v) is 14.9. The van der Waals surface area contributed by atoms with Crippen LogP contribution in [0, 0.1) is 0 Å². The van der Waals surface area contributed by atoms with Gasteiger partial charge in [-0.2, -0.15) is 12.6 Å². The molecule has 3 aromatic rings. The highest BCUT2D eigenvalue weighted by Gasteiger charge is 2.24. The summed E-state index contributed by atoms with van der Waals surface area (Å²) in [5.41, 5.74) is 2.77. The third kappa shape index (κ3) is 4.26. The minimum absolute atomic E-state index is 0.205. The number of thiol groups is 1. The molecule has 1 amide bonds. The fraction of sp³-hybridized carbons (Fsp3) is 0.200. The molecule has 0 aliphatic carbocycles. The molecule has 5 nitrogen and oxygen atoms in total. The average Bonchev–Trinajstić information content (AvgIpc) is 3.05. The molecule has 0 saturated heterocycles. The lowest BCUT2D eigenvalue weighted by Gasteiger charge is -2.17. The monoisotopic (exact) mass is 368 g/mol. The third-order valence-electron chi connectivity index (χ3n) is 4.29. The summed E-state index contributed by atoms with van der Waals surface area (Å²) in [6.45, 7) is 0. The van der Waals surface area contributed by atoms with E-state index in [9.17, 15) is 14.7 Å². The summed E-state index contributed by atoms with van der Waals surface area (Å²) >= 11 is 4.34. The molecule has 0 radical (unpaired) electrons. The number of H-pyrrole nitrogens is 1. The van der Waals surface area contributed by atoms with Crippen LogP contribution in [0.15, 0.2) is 60.8 Å². The molecule has 2 aromatic carbocycles. The van der Waals surface area contributed by atoms with Gasteiger partial charge in [0.1, 0.15) is 6.04 Å². The van der Waals surface area contributed by atoms with E-state index >= 15 is 0 Å². The molecule has 3 rings (SSSR count). The maximum absolute atomic E-state index is 12.4. The van der Waals surface area contributed by atoms with Gasteiger partial charge in [-0.3, -0.25) is 4.79 Å². The number of carbonyl (C=O) groups excluding carboxylic acids is 1. The molecule has 134 valence electrons. The first-order valence-corrected chi connectivity index (χ1v) is 8.86. The molecule has 26 heavy (non-hydrogen) atoms. The molecule has 0 fully saturated rings. The van der Waals surface area contributed by atoms with Crippen molar-refractivity contribution in [2.75, 3.05) is 0 Å². The van der Waals surface area contributed by atoms with Crippen molar-refractivity contribution in [3.05, 3.63) is 71.9 Å². The van der Waals surface area contributed by atoms with E-state index in [0.717, 1.165) is 22.0 Å². The van der Waals surface area contributed by atoms with Gasteiger partial charge in [-0.15, -0.1) is 0 Å². The number of amides is 1. The molecule has 1 aromatic heterocycles. The number of carbonyl (C=O) groups is 2. The molecular weight excluding hydrogens is 348 g/mol. The number of hydrogen-bond donors (Lipinski definition) is 4. The number of carboxylic acid groups (broad SMARTS) is 1. The summed E-state index contributed by atoms with van der Waals surface area (Å²) in [6.07, 6.45) is 2.43. The van der Waals surface area contributed by atoms with E-state index in [1.807, 2.05) is 54.6 Å². The highest BCUT2D eigenvalue weighted by atomic mass is 32.1. The minimum atomic E-state index is -1.07. The van der Waals surface area contributed by atoms with E-state index < -0.39 is 17.3 Å². The predicted octanol–water partition coefficient (Wildman–Crippen LogP) is 2.82. The highest BCUT2D eigenvalue weighted by molar-refractivity contribution is 7.81. The van der Waals surface area contributed by atoms with Crippen molar-refractivity contribution < 1.29 is 14.7 Å². The molecule has 6 heteroatoms. The molecule has 0 saturated carbocycles. The van der Waals surface area contributed by atoms with E-state index in [0.29, 0.717) is 6.42 Å². The van der Waals surface area contributed by atoms with Crippen LogP contribution in [0.2, 0.25) is 0 Å². The Kier molecular flexibility index (Phi) is 5.63. The van der Waals surface area contributed by atoms with Crippen molar-refractivity contribution in [3.8, 4) is 0 Å². The summed E-state index contributed by atoms with van der Waals surface area (Å²) in [5, 5.41) is 12.5. The Morgan fingerprint density at radius 2 is 1.73 bits per heavy atom. The smallest absolute Gasteiger partial charge is 0.326 e. The number of hydrogen-bond acceptors (Lipinski definition) is 3. The molecule has 2 atom stereocenters. The number of aromatic amines is 1. The summed E-state index contributed by atoms with van der Waals surface area (Å²) in [6, 6.07) is 16.2. The number of carboxylic acids is 1. The summed E-state index contributed by atoms with van der Waals surface area (Å²) in [7, 11) is 0. The van der Waals surface area contributed by atoms with Crippen molar-refractivity contribution in [2.45, 2.75) is 24.1 Å². The lowest BCUT2D eigenvalue weighted by molar-refractivity contribution is -0.141. The third-order valence-corrected chi connectivity index (χ3v) is 4.71. The van der Waals surface area contributed by atoms with Gasteiger partial charge in [-0.05, 0) is 23.6 Å². The van der Waals surface area contributed by atoms with Gasteiger partial charge in [-0.25, -0.2) is 4.79 Å². The van der Waals surface area contributed by atoms with Gasteiger partial charge in [0.15, 0.2) is 0 Å². The number of aliphatic carboxylic acids is 1. The molecule has 1 unspecified atom stereocenters.